The SMILES string of the molecule is Cc1c(C(=O)C=Cc2ccccc2)nnn1-c1ccc(S(=O)(=O)/N=C/N(C)C)cc1. The molecule has 0 saturated carbocycles. The minimum Gasteiger partial charge on any atom is -0.368 e. The maximum atomic E-state index is 12.5. The van der Waals surface area contributed by atoms with Crippen molar-refractivity contribution >= 4 is 28.2 Å². The van der Waals surface area contributed by atoms with Gasteiger partial charge in [-0.2, -0.15) is 8.42 Å². The molecule has 0 amide bonds. The van der Waals surface area contributed by atoms with Crippen LogP contribution in [0.1, 0.15) is 21.7 Å². The Labute approximate surface area is 175 Å². The van der Waals surface area contributed by atoms with Gasteiger partial charge in [-0.05, 0) is 42.8 Å². The molecule has 0 aliphatic carbocycles. The quantitative estimate of drug-likeness (QED) is 0.251. The highest BCUT2D eigenvalue weighted by atomic mass is 32.2. The molecule has 0 spiro atoms. The molecule has 0 radical (unpaired) electrons. The third-order valence-corrected chi connectivity index (χ3v) is 5.39. The van der Waals surface area contributed by atoms with Crippen LogP contribution in [0.2, 0.25) is 0 Å². The van der Waals surface area contributed by atoms with Gasteiger partial charge in [-0.25, -0.2) is 4.68 Å². The number of ketones is 1. The van der Waals surface area contributed by atoms with Gasteiger partial charge in [0.15, 0.2) is 5.69 Å². The van der Waals surface area contributed by atoms with Crippen LogP contribution >= 0.6 is 0 Å². The summed E-state index contributed by atoms with van der Waals surface area (Å²) in [4.78, 5) is 14.1. The molecule has 0 aliphatic heterocycles. The van der Waals surface area contributed by atoms with Crippen molar-refractivity contribution in [3.63, 3.8) is 0 Å². The molecule has 0 bridgehead atoms. The summed E-state index contributed by atoms with van der Waals surface area (Å²) < 4.78 is 29.5. The highest BCUT2D eigenvalue weighted by Crippen LogP contribution is 2.18. The van der Waals surface area contributed by atoms with Crippen LogP contribution in [0.5, 0.6) is 0 Å². The van der Waals surface area contributed by atoms with Crippen LogP contribution < -0.4 is 0 Å². The standard InChI is InChI=1S/C21H21N5O3S/c1-16-21(20(27)14-9-17-7-5-4-6-8-17)23-24-26(16)18-10-12-19(13-11-18)30(28,29)22-15-25(2)3/h4-15H,1-3H3/b14-9?,22-15+. The van der Waals surface area contributed by atoms with E-state index in [1.54, 1.807) is 39.2 Å². The largest absolute Gasteiger partial charge is 0.368 e. The van der Waals surface area contributed by atoms with Gasteiger partial charge in [-0.15, -0.1) is 9.50 Å². The highest BCUT2D eigenvalue weighted by molar-refractivity contribution is 7.90. The fourth-order valence-electron chi connectivity index (χ4n) is 2.59. The van der Waals surface area contributed by atoms with E-state index in [1.165, 1.54) is 34.1 Å². The van der Waals surface area contributed by atoms with Crippen molar-refractivity contribution in [2.24, 2.45) is 4.40 Å². The zero-order valence-corrected chi connectivity index (χ0v) is 17.6. The number of allylic oxidation sites excluding steroid dienone is 1. The van der Waals surface area contributed by atoms with Gasteiger partial charge in [0.25, 0.3) is 10.0 Å². The van der Waals surface area contributed by atoms with Gasteiger partial charge in [0.1, 0.15) is 6.34 Å². The second-order valence-electron chi connectivity index (χ2n) is 6.70. The Morgan fingerprint density at radius 2 is 1.73 bits per heavy atom. The van der Waals surface area contributed by atoms with Crippen LogP contribution in [0.15, 0.2) is 70.0 Å². The highest BCUT2D eigenvalue weighted by Gasteiger charge is 2.17. The number of benzene rings is 2. The third-order valence-electron chi connectivity index (χ3n) is 4.15. The Morgan fingerprint density at radius 3 is 2.37 bits per heavy atom. The first-order valence-corrected chi connectivity index (χ1v) is 10.5. The van der Waals surface area contributed by atoms with E-state index in [-0.39, 0.29) is 16.4 Å². The number of nitrogens with zero attached hydrogens (tertiary/aromatic N) is 5. The number of rotatable bonds is 7. The summed E-state index contributed by atoms with van der Waals surface area (Å²) in [5, 5.41) is 8.03. The second-order valence-corrected chi connectivity index (χ2v) is 8.33. The molecule has 8 nitrogen and oxygen atoms in total. The first-order valence-electron chi connectivity index (χ1n) is 9.05. The number of carbonyl (C=O) groups excluding carboxylic acids is 1. The summed E-state index contributed by atoms with van der Waals surface area (Å²) in [6.45, 7) is 1.73. The summed E-state index contributed by atoms with van der Waals surface area (Å²) in [5.74, 6) is -0.264. The smallest absolute Gasteiger partial charge is 0.283 e. The lowest BCUT2D eigenvalue weighted by atomic mass is 10.1. The van der Waals surface area contributed by atoms with Crippen molar-refractivity contribution in [1.82, 2.24) is 19.9 Å². The lowest BCUT2D eigenvalue weighted by molar-refractivity contribution is 0.104. The zero-order chi connectivity index (χ0) is 21.7. The summed E-state index contributed by atoms with van der Waals surface area (Å²) in [6.07, 6.45) is 4.40. The Hall–Kier alpha value is -3.59. The fourth-order valence-corrected chi connectivity index (χ4v) is 3.51. The van der Waals surface area contributed by atoms with Crippen LogP contribution in [0, 0.1) is 6.92 Å². The molecule has 154 valence electrons. The third kappa shape index (κ3) is 4.87. The Bertz CT molecular complexity index is 1200. The monoisotopic (exact) mass is 423 g/mol. The molecular weight excluding hydrogens is 402 g/mol. The van der Waals surface area contributed by atoms with Crippen LogP contribution in [0.3, 0.4) is 0 Å². The van der Waals surface area contributed by atoms with Crippen LogP contribution in [-0.4, -0.2) is 54.5 Å². The van der Waals surface area contributed by atoms with E-state index in [9.17, 15) is 13.2 Å². The van der Waals surface area contributed by atoms with Crippen molar-refractivity contribution in [3.05, 3.63) is 77.6 Å². The molecule has 1 aromatic heterocycles. The van der Waals surface area contributed by atoms with Crippen molar-refractivity contribution < 1.29 is 13.2 Å². The topological polar surface area (TPSA) is 97.5 Å². The van der Waals surface area contributed by atoms with E-state index >= 15 is 0 Å². The number of carbonyl (C=O) groups is 1. The van der Waals surface area contributed by atoms with Gasteiger partial charge in [0.05, 0.1) is 16.3 Å². The second kappa shape index (κ2) is 8.83. The summed E-state index contributed by atoms with van der Waals surface area (Å²) in [5.41, 5.74) is 2.28. The van der Waals surface area contributed by atoms with Crippen LogP contribution in [-0.2, 0) is 10.0 Å². The molecule has 9 heteroatoms. The van der Waals surface area contributed by atoms with Crippen molar-refractivity contribution in [3.8, 4) is 5.69 Å². The summed E-state index contributed by atoms with van der Waals surface area (Å²) in [7, 11) is -0.419. The van der Waals surface area contributed by atoms with Gasteiger partial charge < -0.3 is 4.90 Å². The number of sulfonamides is 1. The molecule has 0 N–H and O–H groups in total. The van der Waals surface area contributed by atoms with E-state index in [4.69, 9.17) is 0 Å². The molecule has 2 aromatic carbocycles. The molecule has 0 aliphatic rings. The Morgan fingerprint density at radius 1 is 1.07 bits per heavy atom. The van der Waals surface area contributed by atoms with E-state index in [0.29, 0.717) is 11.4 Å². The normalized spacial score (nSPS) is 12.0. The predicted molar refractivity (Wildman–Crippen MR) is 115 cm³/mol. The van der Waals surface area contributed by atoms with Crippen molar-refractivity contribution in [1.29, 1.82) is 0 Å². The number of hydrogen-bond donors (Lipinski definition) is 0. The van der Waals surface area contributed by atoms with E-state index in [1.807, 2.05) is 30.3 Å². The molecule has 3 aromatic rings. The Balaban J connectivity index is 1.82. The predicted octanol–water partition coefficient (Wildman–Crippen LogP) is 2.75. The Kier molecular flexibility index (Phi) is 6.22. The molecule has 30 heavy (non-hydrogen) atoms. The van der Waals surface area contributed by atoms with Crippen molar-refractivity contribution in [2.75, 3.05) is 14.1 Å². The van der Waals surface area contributed by atoms with Gasteiger partial charge >= 0.3 is 0 Å². The molecule has 0 fully saturated rings. The number of aromatic nitrogens is 3. The van der Waals surface area contributed by atoms with E-state index < -0.39 is 10.0 Å². The fraction of sp³-hybridized carbons (Fsp3) is 0.143. The van der Waals surface area contributed by atoms with Crippen LogP contribution in [0.4, 0.5) is 0 Å². The number of hydrogen-bond acceptors (Lipinski definition) is 5. The maximum Gasteiger partial charge on any atom is 0.283 e. The molecule has 3 rings (SSSR count). The van der Waals surface area contributed by atoms with E-state index in [0.717, 1.165) is 5.56 Å². The lowest BCUT2D eigenvalue weighted by Gasteiger charge is -2.06. The lowest BCUT2D eigenvalue weighted by Crippen LogP contribution is -2.10. The summed E-state index contributed by atoms with van der Waals surface area (Å²) in [6, 6.07) is 15.5. The van der Waals surface area contributed by atoms with Gasteiger partial charge in [-0.1, -0.05) is 41.6 Å². The minimum atomic E-state index is -3.79. The van der Waals surface area contributed by atoms with E-state index in [2.05, 4.69) is 14.7 Å². The average Bonchev–Trinajstić information content (AvgIpc) is 3.13. The average molecular weight is 423 g/mol. The first kappa shape index (κ1) is 21.1. The molecule has 0 saturated heterocycles. The first-order chi connectivity index (χ1) is 14.3. The molecule has 0 atom stereocenters. The minimum absolute atomic E-state index is 0.0595. The maximum absolute atomic E-state index is 12.5. The zero-order valence-electron chi connectivity index (χ0n) is 16.8. The van der Waals surface area contributed by atoms with Gasteiger partial charge in [0.2, 0.25) is 5.78 Å². The van der Waals surface area contributed by atoms with Gasteiger partial charge in [-0.3, -0.25) is 4.79 Å². The van der Waals surface area contributed by atoms with Crippen LogP contribution in [0.25, 0.3) is 11.8 Å². The molecule has 1 heterocycles. The summed E-state index contributed by atoms with van der Waals surface area (Å²) >= 11 is 0. The molecule has 0 unspecified atom stereocenters. The van der Waals surface area contributed by atoms with Crippen molar-refractivity contribution in [2.45, 2.75) is 11.8 Å². The molecular formula is C21H21N5O3S. The van der Waals surface area contributed by atoms with Gasteiger partial charge in [0, 0.05) is 14.1 Å².